The quantitative estimate of drug-likeness (QED) is 0.774. The van der Waals surface area contributed by atoms with Crippen LogP contribution in [-0.4, -0.2) is 25.0 Å². The highest BCUT2D eigenvalue weighted by Gasteiger charge is 2.22. The molecule has 0 saturated heterocycles. The zero-order valence-corrected chi connectivity index (χ0v) is 9.84. The Morgan fingerprint density at radius 1 is 1.29 bits per heavy atom. The van der Waals surface area contributed by atoms with E-state index in [0.717, 1.165) is 5.56 Å². The molecule has 5 nitrogen and oxygen atoms in total. The van der Waals surface area contributed by atoms with Crippen molar-refractivity contribution in [1.82, 2.24) is 5.32 Å². The van der Waals surface area contributed by atoms with Crippen LogP contribution in [0.25, 0.3) is 0 Å². The minimum atomic E-state index is -0.738. The van der Waals surface area contributed by atoms with Crippen LogP contribution in [0, 0.1) is 0 Å². The van der Waals surface area contributed by atoms with Gasteiger partial charge in [-0.1, -0.05) is 30.3 Å². The molecule has 0 fully saturated rings. The molecule has 92 valence electrons. The van der Waals surface area contributed by atoms with E-state index in [2.05, 4.69) is 5.32 Å². The Labute approximate surface area is 99.9 Å². The molecular weight excluding hydrogens is 220 g/mol. The van der Waals surface area contributed by atoms with Gasteiger partial charge < -0.3 is 15.8 Å². The monoisotopic (exact) mass is 236 g/mol. The van der Waals surface area contributed by atoms with Crippen molar-refractivity contribution in [3.8, 4) is 0 Å². The van der Waals surface area contributed by atoms with Crippen LogP contribution in [0.4, 0.5) is 0 Å². The molecule has 2 atom stereocenters. The maximum atomic E-state index is 11.8. The predicted octanol–water partition coefficient (Wildman–Crippen LogP) is 0.364. The second-order valence-electron chi connectivity index (χ2n) is 3.66. The third kappa shape index (κ3) is 3.57. The lowest BCUT2D eigenvalue weighted by atomic mass is 10.1. The maximum Gasteiger partial charge on any atom is 0.254 e. The molecule has 5 heteroatoms. The standard InChI is InChI=1S/C12H16N2O3/c1-8(11(13)15)14-12(16)10(17-2)9-6-4-3-5-7-9/h3-8,10H,1-2H3,(H2,13,15)(H,14,16)/t8-,10+/m1/s1. The third-order valence-corrected chi connectivity index (χ3v) is 2.36. The third-order valence-electron chi connectivity index (χ3n) is 2.36. The molecule has 0 spiro atoms. The lowest BCUT2D eigenvalue weighted by Crippen LogP contribution is -2.44. The summed E-state index contributed by atoms with van der Waals surface area (Å²) >= 11 is 0. The molecule has 1 aromatic carbocycles. The molecule has 17 heavy (non-hydrogen) atoms. The number of amides is 2. The highest BCUT2D eigenvalue weighted by atomic mass is 16.5. The molecule has 0 saturated carbocycles. The summed E-state index contributed by atoms with van der Waals surface area (Å²) in [7, 11) is 1.44. The predicted molar refractivity (Wildman–Crippen MR) is 63.0 cm³/mol. The molecule has 0 aliphatic carbocycles. The van der Waals surface area contributed by atoms with Crippen LogP contribution in [0.5, 0.6) is 0 Å². The Morgan fingerprint density at radius 2 is 1.88 bits per heavy atom. The second-order valence-corrected chi connectivity index (χ2v) is 3.66. The zero-order chi connectivity index (χ0) is 12.8. The highest BCUT2D eigenvalue weighted by molar-refractivity contribution is 5.88. The van der Waals surface area contributed by atoms with Crippen LogP contribution in [-0.2, 0) is 14.3 Å². The van der Waals surface area contributed by atoms with Gasteiger partial charge >= 0.3 is 0 Å². The van der Waals surface area contributed by atoms with Gasteiger partial charge in [0.25, 0.3) is 5.91 Å². The van der Waals surface area contributed by atoms with Crippen molar-refractivity contribution >= 4 is 11.8 Å². The first kappa shape index (κ1) is 13.2. The lowest BCUT2D eigenvalue weighted by molar-refractivity contribution is -0.134. The van der Waals surface area contributed by atoms with Gasteiger partial charge in [0.15, 0.2) is 6.10 Å². The summed E-state index contributed by atoms with van der Waals surface area (Å²) in [5.74, 6) is -0.966. The van der Waals surface area contributed by atoms with Crippen molar-refractivity contribution < 1.29 is 14.3 Å². The molecule has 0 aliphatic heterocycles. The first-order valence-corrected chi connectivity index (χ1v) is 5.23. The van der Waals surface area contributed by atoms with Crippen LogP contribution < -0.4 is 11.1 Å². The van der Waals surface area contributed by atoms with Gasteiger partial charge in [0.2, 0.25) is 5.91 Å². The van der Waals surface area contributed by atoms with Crippen LogP contribution in [0.1, 0.15) is 18.6 Å². The van der Waals surface area contributed by atoms with Gasteiger partial charge in [-0.2, -0.15) is 0 Å². The first-order valence-electron chi connectivity index (χ1n) is 5.23. The number of primary amides is 1. The minimum absolute atomic E-state index is 0.384. The van der Waals surface area contributed by atoms with Crippen molar-refractivity contribution in [3.63, 3.8) is 0 Å². The summed E-state index contributed by atoms with van der Waals surface area (Å²) < 4.78 is 5.11. The van der Waals surface area contributed by atoms with Gasteiger partial charge in [0, 0.05) is 7.11 Å². The normalized spacial score (nSPS) is 13.8. The summed E-state index contributed by atoms with van der Waals surface area (Å²) in [5, 5.41) is 2.49. The van der Waals surface area contributed by atoms with Gasteiger partial charge in [-0.15, -0.1) is 0 Å². The number of methoxy groups -OCH3 is 1. The second kappa shape index (κ2) is 6.00. The number of rotatable bonds is 5. The summed E-state index contributed by atoms with van der Waals surface area (Å²) in [6, 6.07) is 8.31. The van der Waals surface area contributed by atoms with Crippen molar-refractivity contribution in [2.75, 3.05) is 7.11 Å². The SMILES string of the molecule is CO[C@H](C(=O)N[C@H](C)C(N)=O)c1ccccc1. The fraction of sp³-hybridized carbons (Fsp3) is 0.333. The molecule has 0 radical (unpaired) electrons. The molecule has 2 amide bonds. The van der Waals surface area contributed by atoms with E-state index >= 15 is 0 Å². The van der Waals surface area contributed by atoms with Gasteiger partial charge in [-0.3, -0.25) is 9.59 Å². The van der Waals surface area contributed by atoms with Crippen molar-refractivity contribution in [2.24, 2.45) is 5.73 Å². The Morgan fingerprint density at radius 3 is 2.35 bits per heavy atom. The molecular formula is C12H16N2O3. The average molecular weight is 236 g/mol. The fourth-order valence-corrected chi connectivity index (χ4v) is 1.38. The number of ether oxygens (including phenoxy) is 1. The molecule has 1 aromatic rings. The molecule has 0 aromatic heterocycles. The first-order chi connectivity index (χ1) is 8.06. The molecule has 0 heterocycles. The fourth-order valence-electron chi connectivity index (χ4n) is 1.38. The van der Waals surface area contributed by atoms with E-state index in [-0.39, 0.29) is 5.91 Å². The van der Waals surface area contributed by atoms with Gasteiger partial charge in [-0.25, -0.2) is 0 Å². The summed E-state index contributed by atoms with van der Waals surface area (Å²) in [6.07, 6.45) is -0.738. The van der Waals surface area contributed by atoms with Crippen molar-refractivity contribution in [1.29, 1.82) is 0 Å². The van der Waals surface area contributed by atoms with E-state index in [0.29, 0.717) is 0 Å². The molecule has 0 unspecified atom stereocenters. The van der Waals surface area contributed by atoms with Crippen molar-refractivity contribution in [2.45, 2.75) is 19.1 Å². The van der Waals surface area contributed by atoms with Gasteiger partial charge in [-0.05, 0) is 12.5 Å². The van der Waals surface area contributed by atoms with Crippen LogP contribution >= 0.6 is 0 Å². The number of hydrogen-bond donors (Lipinski definition) is 2. The average Bonchev–Trinajstić information content (AvgIpc) is 2.31. The van der Waals surface area contributed by atoms with Crippen LogP contribution in [0.3, 0.4) is 0 Å². The number of carbonyl (C=O) groups is 2. The molecule has 1 rings (SSSR count). The van der Waals surface area contributed by atoms with Crippen LogP contribution in [0.2, 0.25) is 0 Å². The minimum Gasteiger partial charge on any atom is -0.368 e. The summed E-state index contributed by atoms with van der Waals surface area (Å²) in [6.45, 7) is 1.53. The Bertz CT molecular complexity index is 392. The van der Waals surface area contributed by atoms with E-state index in [1.54, 1.807) is 12.1 Å². The number of nitrogens with two attached hydrogens (primary N) is 1. The Balaban J connectivity index is 2.75. The van der Waals surface area contributed by atoms with Crippen LogP contribution in [0.15, 0.2) is 30.3 Å². The number of carbonyl (C=O) groups excluding carboxylic acids is 2. The Kier molecular flexibility index (Phi) is 4.66. The van der Waals surface area contributed by atoms with E-state index in [4.69, 9.17) is 10.5 Å². The number of hydrogen-bond acceptors (Lipinski definition) is 3. The lowest BCUT2D eigenvalue weighted by Gasteiger charge is -2.17. The van der Waals surface area contributed by atoms with Gasteiger partial charge in [0.05, 0.1) is 0 Å². The summed E-state index contributed by atoms with van der Waals surface area (Å²) in [4.78, 5) is 22.7. The largest absolute Gasteiger partial charge is 0.368 e. The highest BCUT2D eigenvalue weighted by Crippen LogP contribution is 2.16. The topological polar surface area (TPSA) is 81.4 Å². The summed E-state index contributed by atoms with van der Waals surface area (Å²) in [5.41, 5.74) is 5.80. The van der Waals surface area contributed by atoms with E-state index < -0.39 is 18.1 Å². The number of nitrogens with one attached hydrogen (secondary N) is 1. The Hall–Kier alpha value is -1.88. The van der Waals surface area contributed by atoms with Crippen molar-refractivity contribution in [3.05, 3.63) is 35.9 Å². The molecule has 0 aliphatic rings. The zero-order valence-electron chi connectivity index (χ0n) is 9.84. The van der Waals surface area contributed by atoms with E-state index in [1.165, 1.54) is 14.0 Å². The van der Waals surface area contributed by atoms with Gasteiger partial charge in [0.1, 0.15) is 6.04 Å². The smallest absolute Gasteiger partial charge is 0.254 e. The van der Waals surface area contributed by atoms with E-state index in [1.807, 2.05) is 18.2 Å². The maximum absolute atomic E-state index is 11.8. The van der Waals surface area contributed by atoms with E-state index in [9.17, 15) is 9.59 Å². The molecule has 3 N–H and O–H groups in total. The molecule has 0 bridgehead atoms. The number of benzene rings is 1.